The van der Waals surface area contributed by atoms with E-state index in [0.717, 1.165) is 24.8 Å². The van der Waals surface area contributed by atoms with Gasteiger partial charge in [-0.2, -0.15) is 0 Å². The van der Waals surface area contributed by atoms with Crippen LogP contribution < -0.4 is 5.32 Å². The number of rotatable bonds is 2. The molecule has 0 aromatic heterocycles. The van der Waals surface area contributed by atoms with E-state index in [1.807, 2.05) is 26.8 Å². The summed E-state index contributed by atoms with van der Waals surface area (Å²) in [6, 6.07) is 5.67. The van der Waals surface area contributed by atoms with E-state index in [2.05, 4.69) is 11.4 Å². The zero-order valence-corrected chi connectivity index (χ0v) is 12.4. The Morgan fingerprint density at radius 1 is 1.45 bits per heavy atom. The Bertz CT molecular complexity index is 491. The van der Waals surface area contributed by atoms with Crippen molar-refractivity contribution in [3.63, 3.8) is 0 Å². The molecular weight excluding hydrogens is 254 g/mol. The van der Waals surface area contributed by atoms with Crippen molar-refractivity contribution in [2.45, 2.75) is 45.6 Å². The first-order valence-electron chi connectivity index (χ1n) is 7.12. The molecule has 4 nitrogen and oxygen atoms in total. The highest BCUT2D eigenvalue weighted by Crippen LogP contribution is 2.31. The van der Waals surface area contributed by atoms with Crippen molar-refractivity contribution in [1.82, 2.24) is 5.32 Å². The van der Waals surface area contributed by atoms with Gasteiger partial charge in [0, 0.05) is 6.54 Å². The van der Waals surface area contributed by atoms with E-state index in [-0.39, 0.29) is 6.09 Å². The Morgan fingerprint density at radius 3 is 2.90 bits per heavy atom. The smallest absolute Gasteiger partial charge is 0.407 e. The third kappa shape index (κ3) is 3.89. The molecule has 1 unspecified atom stereocenters. The van der Waals surface area contributed by atoms with Gasteiger partial charge in [0.1, 0.15) is 11.4 Å². The van der Waals surface area contributed by atoms with Crippen molar-refractivity contribution in [2.24, 2.45) is 5.92 Å². The molecule has 4 heteroatoms. The number of nitrogens with one attached hydrogen (secondary N) is 1. The maximum absolute atomic E-state index is 11.6. The number of ether oxygens (including phenoxy) is 1. The number of carbonyl (C=O) groups excluding carboxylic acids is 1. The maximum Gasteiger partial charge on any atom is 0.407 e. The number of amides is 1. The molecule has 0 bridgehead atoms. The third-order valence-electron chi connectivity index (χ3n) is 3.50. The first kappa shape index (κ1) is 14.7. The van der Waals surface area contributed by atoms with Gasteiger partial charge in [0.2, 0.25) is 0 Å². The number of phenolic OH excluding ortho intramolecular Hbond substituents is 1. The lowest BCUT2D eigenvalue weighted by Gasteiger charge is -2.26. The van der Waals surface area contributed by atoms with Crippen molar-refractivity contribution in [3.05, 3.63) is 29.3 Å². The van der Waals surface area contributed by atoms with Crippen LogP contribution in [0.1, 0.15) is 38.3 Å². The lowest BCUT2D eigenvalue weighted by atomic mass is 9.83. The lowest BCUT2D eigenvalue weighted by molar-refractivity contribution is 0.0518. The second-order valence-corrected chi connectivity index (χ2v) is 6.41. The highest BCUT2D eigenvalue weighted by Gasteiger charge is 2.22. The second-order valence-electron chi connectivity index (χ2n) is 6.41. The molecule has 1 aliphatic rings. The number of aryl methyl sites for hydroxylation is 1. The maximum atomic E-state index is 11.6. The van der Waals surface area contributed by atoms with Crippen molar-refractivity contribution < 1.29 is 14.6 Å². The molecule has 0 saturated heterocycles. The van der Waals surface area contributed by atoms with Crippen LogP contribution in [0.3, 0.4) is 0 Å². The second kappa shape index (κ2) is 5.73. The molecule has 0 spiro atoms. The number of benzene rings is 1. The van der Waals surface area contributed by atoms with Crippen molar-refractivity contribution >= 4 is 6.09 Å². The predicted octanol–water partition coefficient (Wildman–Crippen LogP) is 3.02. The minimum absolute atomic E-state index is 0.350. The fourth-order valence-electron chi connectivity index (χ4n) is 2.56. The lowest BCUT2D eigenvalue weighted by Crippen LogP contribution is -2.36. The first-order chi connectivity index (χ1) is 9.35. The van der Waals surface area contributed by atoms with Crippen LogP contribution >= 0.6 is 0 Å². The zero-order valence-electron chi connectivity index (χ0n) is 12.4. The highest BCUT2D eigenvalue weighted by atomic mass is 16.6. The summed E-state index contributed by atoms with van der Waals surface area (Å²) in [7, 11) is 0. The molecule has 0 heterocycles. The summed E-state index contributed by atoms with van der Waals surface area (Å²) in [4.78, 5) is 11.6. The van der Waals surface area contributed by atoms with Gasteiger partial charge in [-0.15, -0.1) is 0 Å². The number of fused-ring (bicyclic) bond motifs is 1. The van der Waals surface area contributed by atoms with Crippen LogP contribution in [0, 0.1) is 5.92 Å². The molecule has 2 N–H and O–H groups in total. The van der Waals surface area contributed by atoms with Crippen LogP contribution in [0.4, 0.5) is 4.79 Å². The Balaban J connectivity index is 1.88. The Kier molecular flexibility index (Phi) is 4.21. The molecule has 1 amide bonds. The SMILES string of the molecule is CC(C)(C)OC(=O)NCC1CCc2cccc(O)c2C1. The summed E-state index contributed by atoms with van der Waals surface area (Å²) in [6.07, 6.45) is 2.40. The fourth-order valence-corrected chi connectivity index (χ4v) is 2.56. The van der Waals surface area contributed by atoms with Crippen LogP contribution in [-0.2, 0) is 17.6 Å². The average molecular weight is 277 g/mol. The quantitative estimate of drug-likeness (QED) is 0.873. The van der Waals surface area contributed by atoms with E-state index in [0.29, 0.717) is 18.2 Å². The van der Waals surface area contributed by atoms with E-state index in [1.54, 1.807) is 6.07 Å². The summed E-state index contributed by atoms with van der Waals surface area (Å²) in [5.74, 6) is 0.716. The van der Waals surface area contributed by atoms with Gasteiger partial charge in [-0.05, 0) is 63.1 Å². The average Bonchev–Trinajstić information content (AvgIpc) is 2.35. The van der Waals surface area contributed by atoms with Gasteiger partial charge < -0.3 is 15.2 Å². The summed E-state index contributed by atoms with van der Waals surface area (Å²) in [5.41, 5.74) is 1.77. The molecule has 0 saturated carbocycles. The van der Waals surface area contributed by atoms with E-state index in [1.165, 1.54) is 5.56 Å². The molecule has 1 aliphatic carbocycles. The minimum Gasteiger partial charge on any atom is -0.508 e. The molecule has 1 aromatic carbocycles. The summed E-state index contributed by atoms with van der Waals surface area (Å²) in [6.45, 7) is 6.13. The normalized spacial score (nSPS) is 18.2. The molecule has 20 heavy (non-hydrogen) atoms. The topological polar surface area (TPSA) is 58.6 Å². The first-order valence-corrected chi connectivity index (χ1v) is 7.12. The summed E-state index contributed by atoms with van der Waals surface area (Å²) in [5, 5.41) is 12.7. The van der Waals surface area contributed by atoms with Gasteiger partial charge in [-0.1, -0.05) is 12.1 Å². The Hall–Kier alpha value is -1.71. The van der Waals surface area contributed by atoms with Gasteiger partial charge in [-0.3, -0.25) is 0 Å². The molecule has 110 valence electrons. The van der Waals surface area contributed by atoms with Gasteiger partial charge in [0.05, 0.1) is 0 Å². The van der Waals surface area contributed by atoms with E-state index in [4.69, 9.17) is 4.74 Å². The molecule has 2 rings (SSSR count). The summed E-state index contributed by atoms with van der Waals surface area (Å²) < 4.78 is 5.22. The van der Waals surface area contributed by atoms with Crippen LogP contribution in [0.5, 0.6) is 5.75 Å². The molecule has 0 radical (unpaired) electrons. The monoisotopic (exact) mass is 277 g/mol. The molecule has 0 aliphatic heterocycles. The van der Waals surface area contributed by atoms with Crippen molar-refractivity contribution in [3.8, 4) is 5.75 Å². The standard InChI is InChI=1S/C16H23NO3/c1-16(2,3)20-15(19)17-10-11-7-8-12-5-4-6-14(18)13(12)9-11/h4-6,11,18H,7-10H2,1-3H3,(H,17,19). The van der Waals surface area contributed by atoms with Crippen LogP contribution in [0.25, 0.3) is 0 Å². The number of phenols is 1. The van der Waals surface area contributed by atoms with Crippen LogP contribution in [0.15, 0.2) is 18.2 Å². The largest absolute Gasteiger partial charge is 0.508 e. The zero-order chi connectivity index (χ0) is 14.8. The van der Waals surface area contributed by atoms with Gasteiger partial charge in [0.15, 0.2) is 0 Å². The number of aromatic hydroxyl groups is 1. The van der Waals surface area contributed by atoms with Crippen molar-refractivity contribution in [1.29, 1.82) is 0 Å². The molecule has 1 aromatic rings. The number of alkyl carbamates (subject to hydrolysis) is 1. The molecular formula is C16H23NO3. The minimum atomic E-state index is -0.471. The Labute approximate surface area is 120 Å². The number of hydrogen-bond donors (Lipinski definition) is 2. The Morgan fingerprint density at radius 2 is 2.20 bits per heavy atom. The van der Waals surface area contributed by atoms with E-state index in [9.17, 15) is 9.90 Å². The summed E-state index contributed by atoms with van der Waals surface area (Å²) >= 11 is 0. The van der Waals surface area contributed by atoms with Crippen molar-refractivity contribution in [2.75, 3.05) is 6.54 Å². The molecule has 0 fully saturated rings. The van der Waals surface area contributed by atoms with E-state index >= 15 is 0 Å². The predicted molar refractivity (Wildman–Crippen MR) is 77.9 cm³/mol. The van der Waals surface area contributed by atoms with Gasteiger partial charge in [-0.25, -0.2) is 4.79 Å². The third-order valence-corrected chi connectivity index (χ3v) is 3.50. The highest BCUT2D eigenvalue weighted by molar-refractivity contribution is 5.67. The van der Waals surface area contributed by atoms with E-state index < -0.39 is 5.60 Å². The van der Waals surface area contributed by atoms with Gasteiger partial charge in [0.25, 0.3) is 0 Å². The van der Waals surface area contributed by atoms with Crippen LogP contribution in [0.2, 0.25) is 0 Å². The van der Waals surface area contributed by atoms with Gasteiger partial charge >= 0.3 is 6.09 Å². The number of hydrogen-bond acceptors (Lipinski definition) is 3. The fraction of sp³-hybridized carbons (Fsp3) is 0.562. The van der Waals surface area contributed by atoms with Crippen LogP contribution in [-0.4, -0.2) is 23.3 Å². The molecule has 1 atom stereocenters. The number of carbonyl (C=O) groups is 1.